The fourth-order valence-electron chi connectivity index (χ4n) is 1.60. The van der Waals surface area contributed by atoms with E-state index >= 15 is 0 Å². The number of hydrogen-bond acceptors (Lipinski definition) is 4. The van der Waals surface area contributed by atoms with Crippen molar-refractivity contribution in [3.63, 3.8) is 0 Å². The molecule has 0 aromatic carbocycles. The van der Waals surface area contributed by atoms with Crippen molar-refractivity contribution in [2.75, 3.05) is 13.1 Å². The highest BCUT2D eigenvalue weighted by Crippen LogP contribution is 2.17. The average Bonchev–Trinajstić information content (AvgIpc) is 2.70. The number of nitrogens with one attached hydrogen (secondary N) is 1. The lowest BCUT2D eigenvalue weighted by molar-refractivity contribution is 0.313. The first-order valence-electron chi connectivity index (χ1n) is 4.94. The predicted molar refractivity (Wildman–Crippen MR) is 54.1 cm³/mol. The van der Waals surface area contributed by atoms with Crippen LogP contribution in [0.5, 0.6) is 0 Å². The molecule has 0 unspecified atom stereocenters. The van der Waals surface area contributed by atoms with Gasteiger partial charge < -0.3 is 5.32 Å². The first-order chi connectivity index (χ1) is 7.33. The summed E-state index contributed by atoms with van der Waals surface area (Å²) in [5.74, 6) is 0. The van der Waals surface area contributed by atoms with Gasteiger partial charge in [-0.2, -0.15) is 5.10 Å². The maximum Gasteiger partial charge on any atom is 0.116 e. The molecule has 0 bridgehead atoms. The van der Waals surface area contributed by atoms with Crippen molar-refractivity contribution in [1.82, 2.24) is 30.1 Å². The molecule has 1 aliphatic heterocycles. The summed E-state index contributed by atoms with van der Waals surface area (Å²) < 4.78 is 3.68. The monoisotopic (exact) mass is 204 g/mol. The third-order valence-electron chi connectivity index (χ3n) is 2.64. The van der Waals surface area contributed by atoms with Gasteiger partial charge in [-0.05, 0) is 0 Å². The highest BCUT2D eigenvalue weighted by atomic mass is 15.5. The van der Waals surface area contributed by atoms with Crippen LogP contribution in [0.3, 0.4) is 0 Å². The van der Waals surface area contributed by atoms with Crippen LogP contribution >= 0.6 is 0 Å². The van der Waals surface area contributed by atoms with Gasteiger partial charge in [0.2, 0.25) is 0 Å². The summed E-state index contributed by atoms with van der Waals surface area (Å²) in [6, 6.07) is 0.461. The van der Waals surface area contributed by atoms with Gasteiger partial charge >= 0.3 is 0 Å². The second-order valence-corrected chi connectivity index (χ2v) is 3.80. The van der Waals surface area contributed by atoms with Gasteiger partial charge in [0.25, 0.3) is 0 Å². The summed E-state index contributed by atoms with van der Waals surface area (Å²) in [5.41, 5.74) is 1.89. The summed E-state index contributed by atoms with van der Waals surface area (Å²) in [7, 11) is 1.89. The van der Waals surface area contributed by atoms with E-state index in [-0.39, 0.29) is 0 Å². The lowest BCUT2D eigenvalue weighted by Gasteiger charge is -2.26. The summed E-state index contributed by atoms with van der Waals surface area (Å²) in [4.78, 5) is 0. The number of aromatic nitrogens is 5. The molecule has 0 atom stereocenters. The van der Waals surface area contributed by atoms with Gasteiger partial charge in [0.15, 0.2) is 0 Å². The van der Waals surface area contributed by atoms with Gasteiger partial charge in [-0.1, -0.05) is 5.21 Å². The zero-order valence-corrected chi connectivity index (χ0v) is 8.46. The first kappa shape index (κ1) is 8.60. The van der Waals surface area contributed by atoms with Crippen LogP contribution in [0.15, 0.2) is 18.6 Å². The Kier molecular flexibility index (Phi) is 1.81. The van der Waals surface area contributed by atoms with Crippen molar-refractivity contribution >= 4 is 0 Å². The molecule has 2 aromatic heterocycles. The number of nitrogens with zero attached hydrogens (tertiary/aromatic N) is 5. The standard InChI is InChI=1S/C9H12N6/c1-14-5-7(2-11-14)9-6-15(13-12-9)8-3-10-4-8/h2,5-6,8,10H,3-4H2,1H3. The molecule has 3 heterocycles. The van der Waals surface area contributed by atoms with E-state index in [0.717, 1.165) is 24.3 Å². The third-order valence-corrected chi connectivity index (χ3v) is 2.64. The van der Waals surface area contributed by atoms with Gasteiger partial charge in [0.05, 0.1) is 18.4 Å². The van der Waals surface area contributed by atoms with Crippen molar-refractivity contribution in [1.29, 1.82) is 0 Å². The topological polar surface area (TPSA) is 60.6 Å². The Morgan fingerprint density at radius 1 is 1.40 bits per heavy atom. The quantitative estimate of drug-likeness (QED) is 0.737. The molecular formula is C9H12N6. The van der Waals surface area contributed by atoms with Crippen LogP contribution in [0.2, 0.25) is 0 Å². The Labute approximate surface area is 86.9 Å². The van der Waals surface area contributed by atoms with Crippen LogP contribution in [0.4, 0.5) is 0 Å². The van der Waals surface area contributed by atoms with Gasteiger partial charge in [-0.15, -0.1) is 5.10 Å². The Balaban J connectivity index is 1.89. The maximum absolute atomic E-state index is 4.13. The molecule has 3 rings (SSSR count). The summed E-state index contributed by atoms with van der Waals surface area (Å²) in [6.07, 6.45) is 5.71. The SMILES string of the molecule is Cn1cc(-c2cn(C3CNC3)nn2)cn1. The van der Waals surface area contributed by atoms with E-state index in [9.17, 15) is 0 Å². The molecule has 0 amide bonds. The summed E-state index contributed by atoms with van der Waals surface area (Å²) in [6.45, 7) is 1.96. The molecule has 1 saturated heterocycles. The molecule has 15 heavy (non-hydrogen) atoms. The van der Waals surface area contributed by atoms with E-state index in [0.29, 0.717) is 6.04 Å². The number of aryl methyl sites for hydroxylation is 1. The smallest absolute Gasteiger partial charge is 0.116 e. The third kappa shape index (κ3) is 1.42. The second-order valence-electron chi connectivity index (χ2n) is 3.80. The van der Waals surface area contributed by atoms with Crippen molar-refractivity contribution < 1.29 is 0 Å². The molecule has 2 aromatic rings. The van der Waals surface area contributed by atoms with E-state index in [1.165, 1.54) is 0 Å². The molecule has 1 fully saturated rings. The van der Waals surface area contributed by atoms with Gasteiger partial charge in [-0.25, -0.2) is 4.68 Å². The molecule has 6 nitrogen and oxygen atoms in total. The Morgan fingerprint density at radius 3 is 2.87 bits per heavy atom. The lowest BCUT2D eigenvalue weighted by atomic mass is 10.2. The fourth-order valence-corrected chi connectivity index (χ4v) is 1.60. The summed E-state index contributed by atoms with van der Waals surface area (Å²) in [5, 5.41) is 15.6. The maximum atomic E-state index is 4.13. The number of hydrogen-bond donors (Lipinski definition) is 1. The normalized spacial score (nSPS) is 16.6. The van der Waals surface area contributed by atoms with Gasteiger partial charge in [-0.3, -0.25) is 4.68 Å². The predicted octanol–water partition coefficient (Wildman–Crippen LogP) is -0.177. The minimum Gasteiger partial charge on any atom is -0.312 e. The van der Waals surface area contributed by atoms with E-state index in [2.05, 4.69) is 20.7 Å². The first-order valence-corrected chi connectivity index (χ1v) is 4.94. The Bertz CT molecular complexity index is 466. The molecule has 1 N–H and O–H groups in total. The van der Waals surface area contributed by atoms with Crippen LogP contribution in [0, 0.1) is 0 Å². The largest absolute Gasteiger partial charge is 0.312 e. The fraction of sp³-hybridized carbons (Fsp3) is 0.444. The van der Waals surface area contributed by atoms with Crippen molar-refractivity contribution in [2.24, 2.45) is 7.05 Å². The van der Waals surface area contributed by atoms with E-state index in [4.69, 9.17) is 0 Å². The van der Waals surface area contributed by atoms with Crippen LogP contribution in [0.1, 0.15) is 6.04 Å². The van der Waals surface area contributed by atoms with Crippen LogP contribution in [-0.4, -0.2) is 37.9 Å². The van der Waals surface area contributed by atoms with E-state index in [1.807, 2.05) is 24.1 Å². The molecule has 0 spiro atoms. The van der Waals surface area contributed by atoms with E-state index in [1.54, 1.807) is 10.9 Å². The number of rotatable bonds is 2. The summed E-state index contributed by atoms with van der Waals surface area (Å²) >= 11 is 0. The molecule has 78 valence electrons. The average molecular weight is 204 g/mol. The highest BCUT2D eigenvalue weighted by Gasteiger charge is 2.20. The van der Waals surface area contributed by atoms with Crippen LogP contribution in [0.25, 0.3) is 11.3 Å². The second kappa shape index (κ2) is 3.16. The van der Waals surface area contributed by atoms with Crippen molar-refractivity contribution in [3.8, 4) is 11.3 Å². The lowest BCUT2D eigenvalue weighted by Crippen LogP contribution is -2.43. The van der Waals surface area contributed by atoms with E-state index < -0.39 is 0 Å². The molecule has 0 saturated carbocycles. The zero-order chi connectivity index (χ0) is 10.3. The zero-order valence-electron chi connectivity index (χ0n) is 8.46. The molecule has 1 aliphatic rings. The molecule has 0 radical (unpaired) electrons. The minimum absolute atomic E-state index is 0.461. The molecular weight excluding hydrogens is 192 g/mol. The highest BCUT2D eigenvalue weighted by molar-refractivity contribution is 5.54. The molecule has 0 aliphatic carbocycles. The van der Waals surface area contributed by atoms with Crippen LogP contribution in [-0.2, 0) is 7.05 Å². The van der Waals surface area contributed by atoms with Crippen molar-refractivity contribution in [2.45, 2.75) is 6.04 Å². The van der Waals surface area contributed by atoms with Crippen molar-refractivity contribution in [3.05, 3.63) is 18.6 Å². The Morgan fingerprint density at radius 2 is 2.27 bits per heavy atom. The minimum atomic E-state index is 0.461. The molecule has 6 heteroatoms. The Hall–Kier alpha value is -1.69. The van der Waals surface area contributed by atoms with Gasteiger partial charge in [0.1, 0.15) is 5.69 Å². The van der Waals surface area contributed by atoms with Gasteiger partial charge in [0, 0.05) is 31.9 Å². The van der Waals surface area contributed by atoms with Crippen LogP contribution < -0.4 is 5.32 Å².